The summed E-state index contributed by atoms with van der Waals surface area (Å²) in [6, 6.07) is 4.25. The SMILES string of the molecule is NC1CCCC(C(=O)N2CCC(C(=O)Nc3ccc(F)c(Cl)c3)CC2)C1. The van der Waals surface area contributed by atoms with Crippen LogP contribution in [-0.2, 0) is 9.59 Å². The molecule has 0 radical (unpaired) electrons. The van der Waals surface area contributed by atoms with Crippen molar-refractivity contribution in [2.45, 2.75) is 44.6 Å². The molecule has 3 N–H and O–H groups in total. The molecule has 2 atom stereocenters. The van der Waals surface area contributed by atoms with Crippen LogP contribution in [0, 0.1) is 17.7 Å². The van der Waals surface area contributed by atoms with Crippen LogP contribution in [0.2, 0.25) is 5.02 Å². The van der Waals surface area contributed by atoms with Crippen molar-refractivity contribution in [3.63, 3.8) is 0 Å². The summed E-state index contributed by atoms with van der Waals surface area (Å²) in [6.45, 7) is 1.18. The van der Waals surface area contributed by atoms with Crippen LogP contribution in [-0.4, -0.2) is 35.8 Å². The van der Waals surface area contributed by atoms with E-state index in [-0.39, 0.29) is 34.7 Å². The number of anilines is 1. The van der Waals surface area contributed by atoms with Gasteiger partial charge < -0.3 is 16.0 Å². The van der Waals surface area contributed by atoms with E-state index in [0.29, 0.717) is 31.6 Å². The number of amides is 2. The van der Waals surface area contributed by atoms with E-state index in [1.807, 2.05) is 4.90 Å². The summed E-state index contributed by atoms with van der Waals surface area (Å²) in [4.78, 5) is 26.9. The Kier molecular flexibility index (Phi) is 6.14. The molecule has 1 aromatic rings. The molecular weight excluding hydrogens is 357 g/mol. The average molecular weight is 382 g/mol. The molecule has 142 valence electrons. The summed E-state index contributed by atoms with van der Waals surface area (Å²) in [6.07, 6.45) is 4.95. The van der Waals surface area contributed by atoms with Crippen LogP contribution in [0.1, 0.15) is 38.5 Å². The molecule has 1 aliphatic heterocycles. The number of carbonyl (C=O) groups excluding carboxylic acids is 2. The maximum absolute atomic E-state index is 13.2. The normalized spacial score (nSPS) is 24.3. The molecule has 7 heteroatoms. The maximum Gasteiger partial charge on any atom is 0.227 e. The van der Waals surface area contributed by atoms with Crippen LogP contribution >= 0.6 is 11.6 Å². The fourth-order valence-electron chi connectivity index (χ4n) is 3.89. The molecule has 1 saturated heterocycles. The van der Waals surface area contributed by atoms with Gasteiger partial charge in [0.2, 0.25) is 11.8 Å². The smallest absolute Gasteiger partial charge is 0.227 e. The second-order valence-corrected chi connectivity index (χ2v) is 7.75. The molecule has 1 aromatic carbocycles. The standard InChI is InChI=1S/C19H25ClFN3O2/c20-16-11-15(4-5-17(16)21)23-18(25)12-6-8-24(9-7-12)19(26)13-2-1-3-14(22)10-13/h4-5,11-14H,1-3,6-10,22H2,(H,23,25). The van der Waals surface area contributed by atoms with Gasteiger partial charge >= 0.3 is 0 Å². The summed E-state index contributed by atoms with van der Waals surface area (Å²) in [5.41, 5.74) is 6.47. The van der Waals surface area contributed by atoms with Crippen LogP contribution in [0.15, 0.2) is 18.2 Å². The largest absolute Gasteiger partial charge is 0.342 e. The topological polar surface area (TPSA) is 75.4 Å². The minimum Gasteiger partial charge on any atom is -0.342 e. The molecule has 3 rings (SSSR count). The van der Waals surface area contributed by atoms with Gasteiger partial charge in [-0.05, 0) is 50.3 Å². The highest BCUT2D eigenvalue weighted by molar-refractivity contribution is 6.31. The summed E-state index contributed by atoms with van der Waals surface area (Å²) in [5, 5.41) is 2.76. The summed E-state index contributed by atoms with van der Waals surface area (Å²) in [5.74, 6) is -0.565. The van der Waals surface area contributed by atoms with Crippen molar-refractivity contribution in [2.75, 3.05) is 18.4 Å². The first-order chi connectivity index (χ1) is 12.4. The zero-order valence-corrected chi connectivity index (χ0v) is 15.5. The number of carbonyl (C=O) groups is 2. The fraction of sp³-hybridized carbons (Fsp3) is 0.579. The summed E-state index contributed by atoms with van der Waals surface area (Å²) >= 11 is 5.74. The lowest BCUT2D eigenvalue weighted by Gasteiger charge is -2.35. The van der Waals surface area contributed by atoms with Crippen molar-refractivity contribution in [1.82, 2.24) is 4.90 Å². The van der Waals surface area contributed by atoms with Crippen LogP contribution in [0.4, 0.5) is 10.1 Å². The highest BCUT2D eigenvalue weighted by atomic mass is 35.5. The lowest BCUT2D eigenvalue weighted by Crippen LogP contribution is -2.45. The molecule has 5 nitrogen and oxygen atoms in total. The first-order valence-corrected chi connectivity index (χ1v) is 9.62. The Morgan fingerprint density at radius 2 is 1.88 bits per heavy atom. The number of nitrogens with two attached hydrogens (primary N) is 1. The van der Waals surface area contributed by atoms with E-state index >= 15 is 0 Å². The van der Waals surface area contributed by atoms with Gasteiger partial charge in [-0.1, -0.05) is 18.0 Å². The predicted octanol–water partition coefficient (Wildman–Crippen LogP) is 3.17. The van der Waals surface area contributed by atoms with Crippen molar-refractivity contribution < 1.29 is 14.0 Å². The number of hydrogen-bond acceptors (Lipinski definition) is 3. The molecule has 0 spiro atoms. The zero-order chi connectivity index (χ0) is 18.7. The molecule has 2 aliphatic rings. The van der Waals surface area contributed by atoms with Gasteiger partial charge in [-0.15, -0.1) is 0 Å². The molecule has 2 amide bonds. The highest BCUT2D eigenvalue weighted by Gasteiger charge is 2.32. The molecule has 0 bridgehead atoms. The summed E-state index contributed by atoms with van der Waals surface area (Å²) in [7, 11) is 0. The average Bonchev–Trinajstić information content (AvgIpc) is 2.64. The van der Waals surface area contributed by atoms with E-state index in [9.17, 15) is 14.0 Å². The Morgan fingerprint density at radius 3 is 2.54 bits per heavy atom. The maximum atomic E-state index is 13.2. The molecule has 2 fully saturated rings. The Labute approximate surface area is 158 Å². The number of halogens is 2. The van der Waals surface area contributed by atoms with Crippen LogP contribution in [0.5, 0.6) is 0 Å². The molecule has 1 aliphatic carbocycles. The van der Waals surface area contributed by atoms with Crippen LogP contribution < -0.4 is 11.1 Å². The fourth-order valence-corrected chi connectivity index (χ4v) is 4.07. The van der Waals surface area contributed by atoms with E-state index in [1.165, 1.54) is 18.2 Å². The summed E-state index contributed by atoms with van der Waals surface area (Å²) < 4.78 is 13.2. The monoisotopic (exact) mass is 381 g/mol. The third-order valence-corrected chi connectivity index (χ3v) is 5.72. The lowest BCUT2D eigenvalue weighted by atomic mass is 9.84. The number of rotatable bonds is 3. The van der Waals surface area contributed by atoms with Crippen molar-refractivity contribution in [1.29, 1.82) is 0 Å². The molecule has 1 saturated carbocycles. The molecular formula is C19H25ClFN3O2. The Hall–Kier alpha value is -1.66. The van der Waals surface area contributed by atoms with Crippen LogP contribution in [0.25, 0.3) is 0 Å². The van der Waals surface area contributed by atoms with E-state index in [4.69, 9.17) is 17.3 Å². The zero-order valence-electron chi connectivity index (χ0n) is 14.7. The third kappa shape index (κ3) is 4.54. The number of piperidine rings is 1. The quantitative estimate of drug-likeness (QED) is 0.844. The van der Waals surface area contributed by atoms with Crippen molar-refractivity contribution in [3.8, 4) is 0 Å². The van der Waals surface area contributed by atoms with Crippen LogP contribution in [0.3, 0.4) is 0 Å². The minimum atomic E-state index is -0.515. The van der Waals surface area contributed by atoms with Gasteiger partial charge in [-0.2, -0.15) is 0 Å². The van der Waals surface area contributed by atoms with Gasteiger partial charge in [0.25, 0.3) is 0 Å². The van der Waals surface area contributed by atoms with Gasteiger partial charge in [-0.25, -0.2) is 4.39 Å². The Morgan fingerprint density at radius 1 is 1.15 bits per heavy atom. The second kappa shape index (κ2) is 8.35. The van der Waals surface area contributed by atoms with Crippen molar-refractivity contribution in [2.24, 2.45) is 17.6 Å². The number of likely N-dealkylation sites (tertiary alicyclic amines) is 1. The number of benzene rings is 1. The van der Waals surface area contributed by atoms with Crippen molar-refractivity contribution >= 4 is 29.1 Å². The van der Waals surface area contributed by atoms with E-state index in [1.54, 1.807) is 0 Å². The van der Waals surface area contributed by atoms with Crippen molar-refractivity contribution in [3.05, 3.63) is 29.0 Å². The minimum absolute atomic E-state index is 0.0195. The Balaban J connectivity index is 1.50. The first-order valence-electron chi connectivity index (χ1n) is 9.24. The molecule has 1 heterocycles. The predicted molar refractivity (Wildman–Crippen MR) is 99.3 cm³/mol. The van der Waals surface area contributed by atoms with E-state index in [0.717, 1.165) is 25.7 Å². The van der Waals surface area contributed by atoms with Gasteiger partial charge in [0, 0.05) is 36.7 Å². The number of nitrogens with one attached hydrogen (secondary N) is 1. The molecule has 0 aromatic heterocycles. The number of hydrogen-bond donors (Lipinski definition) is 2. The highest BCUT2D eigenvalue weighted by Crippen LogP contribution is 2.28. The van der Waals surface area contributed by atoms with Gasteiger partial charge in [-0.3, -0.25) is 9.59 Å². The van der Waals surface area contributed by atoms with Gasteiger partial charge in [0.05, 0.1) is 5.02 Å². The second-order valence-electron chi connectivity index (χ2n) is 7.34. The van der Waals surface area contributed by atoms with E-state index in [2.05, 4.69) is 5.32 Å². The Bertz CT molecular complexity index is 677. The molecule has 2 unspecified atom stereocenters. The number of nitrogens with zero attached hydrogens (tertiary/aromatic N) is 1. The van der Waals surface area contributed by atoms with Gasteiger partial charge in [0.1, 0.15) is 5.82 Å². The van der Waals surface area contributed by atoms with E-state index < -0.39 is 5.82 Å². The lowest BCUT2D eigenvalue weighted by molar-refractivity contribution is -0.139. The third-order valence-electron chi connectivity index (χ3n) is 5.43. The van der Waals surface area contributed by atoms with Gasteiger partial charge in [0.15, 0.2) is 0 Å². The first kappa shape index (κ1) is 19.1. The molecule has 26 heavy (non-hydrogen) atoms.